The van der Waals surface area contributed by atoms with Crippen LogP contribution in [0.4, 0.5) is 0 Å². The highest BCUT2D eigenvalue weighted by molar-refractivity contribution is 5.79. The maximum absolute atomic E-state index is 12.4. The molecule has 3 atom stereocenters. The summed E-state index contributed by atoms with van der Waals surface area (Å²) in [6.45, 7) is 6.23. The second kappa shape index (κ2) is 6.97. The fourth-order valence-corrected chi connectivity index (χ4v) is 2.66. The Labute approximate surface area is 104 Å². The van der Waals surface area contributed by atoms with E-state index in [-0.39, 0.29) is 17.9 Å². The van der Waals surface area contributed by atoms with Crippen LogP contribution in [0.3, 0.4) is 0 Å². The molecule has 3 unspecified atom stereocenters. The Kier molecular flexibility index (Phi) is 5.92. The first-order chi connectivity index (χ1) is 8.10. The van der Waals surface area contributed by atoms with Gasteiger partial charge < -0.3 is 15.4 Å². The molecule has 1 rings (SSSR count). The first-order valence-electron chi connectivity index (χ1n) is 6.63. The summed E-state index contributed by atoms with van der Waals surface area (Å²) in [6.07, 6.45) is 2.88. The van der Waals surface area contributed by atoms with Crippen molar-refractivity contribution >= 4 is 5.91 Å². The first-order valence-corrected chi connectivity index (χ1v) is 6.63. The number of nitrogens with zero attached hydrogens (tertiary/aromatic N) is 1. The third kappa shape index (κ3) is 3.96. The number of ether oxygens (including phenoxy) is 1. The summed E-state index contributed by atoms with van der Waals surface area (Å²) in [5.74, 6) is 0.846. The average Bonchev–Trinajstić information content (AvgIpc) is 2.29. The summed E-state index contributed by atoms with van der Waals surface area (Å²) in [6, 6.07) is 0.281. The lowest BCUT2D eigenvalue weighted by atomic mass is 9.77. The van der Waals surface area contributed by atoms with E-state index in [0.717, 1.165) is 25.8 Å². The minimum Gasteiger partial charge on any atom is -0.383 e. The molecular formula is C13H26N2O2. The maximum atomic E-state index is 12.4. The fourth-order valence-electron chi connectivity index (χ4n) is 2.66. The molecule has 0 aromatic heterocycles. The minimum absolute atomic E-state index is 0.159. The van der Waals surface area contributed by atoms with E-state index in [1.54, 1.807) is 7.11 Å². The van der Waals surface area contributed by atoms with Gasteiger partial charge in [0.05, 0.1) is 6.61 Å². The van der Waals surface area contributed by atoms with Crippen LogP contribution in [0, 0.1) is 11.8 Å². The summed E-state index contributed by atoms with van der Waals surface area (Å²) < 4.78 is 5.04. The summed E-state index contributed by atoms with van der Waals surface area (Å²) in [7, 11) is 1.67. The second-order valence-electron chi connectivity index (χ2n) is 5.07. The average molecular weight is 242 g/mol. The van der Waals surface area contributed by atoms with Gasteiger partial charge in [-0.2, -0.15) is 0 Å². The van der Waals surface area contributed by atoms with E-state index in [9.17, 15) is 4.79 Å². The molecule has 4 heteroatoms. The Balaban J connectivity index is 2.54. The van der Waals surface area contributed by atoms with Crippen molar-refractivity contribution in [2.75, 3.05) is 26.8 Å². The highest BCUT2D eigenvalue weighted by Gasteiger charge is 2.32. The Bertz CT molecular complexity index is 246. The molecule has 1 aliphatic carbocycles. The van der Waals surface area contributed by atoms with Crippen molar-refractivity contribution in [2.24, 2.45) is 17.6 Å². The molecule has 2 N–H and O–H groups in total. The number of rotatable bonds is 5. The van der Waals surface area contributed by atoms with Crippen molar-refractivity contribution in [3.8, 4) is 0 Å². The lowest BCUT2D eigenvalue weighted by Gasteiger charge is -2.34. The van der Waals surface area contributed by atoms with E-state index in [1.807, 2.05) is 11.8 Å². The Hall–Kier alpha value is -0.610. The SMILES string of the molecule is CCN(CCOC)C(=O)C1CCC(N)CC1C. The molecule has 0 heterocycles. The van der Waals surface area contributed by atoms with E-state index in [4.69, 9.17) is 10.5 Å². The van der Waals surface area contributed by atoms with Gasteiger partial charge in [0.2, 0.25) is 5.91 Å². The number of carbonyl (C=O) groups excluding carboxylic acids is 1. The van der Waals surface area contributed by atoms with E-state index in [1.165, 1.54) is 0 Å². The first kappa shape index (κ1) is 14.5. The third-order valence-corrected chi connectivity index (χ3v) is 3.79. The van der Waals surface area contributed by atoms with Gasteiger partial charge in [0.25, 0.3) is 0 Å². The number of methoxy groups -OCH3 is 1. The predicted octanol–water partition coefficient (Wildman–Crippen LogP) is 1.24. The quantitative estimate of drug-likeness (QED) is 0.789. The van der Waals surface area contributed by atoms with Crippen LogP contribution < -0.4 is 5.73 Å². The van der Waals surface area contributed by atoms with Gasteiger partial charge in [0.1, 0.15) is 0 Å². The summed E-state index contributed by atoms with van der Waals surface area (Å²) in [5.41, 5.74) is 5.93. The van der Waals surface area contributed by atoms with Crippen molar-refractivity contribution in [3.05, 3.63) is 0 Å². The number of amides is 1. The largest absolute Gasteiger partial charge is 0.383 e. The van der Waals surface area contributed by atoms with Crippen LogP contribution in [0.15, 0.2) is 0 Å². The zero-order chi connectivity index (χ0) is 12.8. The van der Waals surface area contributed by atoms with Gasteiger partial charge in [0, 0.05) is 32.2 Å². The van der Waals surface area contributed by atoms with Crippen LogP contribution in [-0.2, 0) is 9.53 Å². The van der Waals surface area contributed by atoms with Gasteiger partial charge in [-0.05, 0) is 32.1 Å². The van der Waals surface area contributed by atoms with Crippen LogP contribution >= 0.6 is 0 Å². The fraction of sp³-hybridized carbons (Fsp3) is 0.923. The number of likely N-dealkylation sites (N-methyl/N-ethyl adjacent to an activating group) is 1. The molecule has 0 aliphatic heterocycles. The third-order valence-electron chi connectivity index (χ3n) is 3.79. The summed E-state index contributed by atoms with van der Waals surface area (Å²) in [4.78, 5) is 14.3. The van der Waals surface area contributed by atoms with Gasteiger partial charge in [-0.15, -0.1) is 0 Å². The van der Waals surface area contributed by atoms with E-state index < -0.39 is 0 Å². The van der Waals surface area contributed by atoms with Crippen molar-refractivity contribution in [1.29, 1.82) is 0 Å². The zero-order valence-electron chi connectivity index (χ0n) is 11.3. The molecule has 1 fully saturated rings. The normalized spacial score (nSPS) is 29.1. The summed E-state index contributed by atoms with van der Waals surface area (Å²) in [5, 5.41) is 0. The molecule has 4 nitrogen and oxygen atoms in total. The van der Waals surface area contributed by atoms with Crippen LogP contribution in [0.2, 0.25) is 0 Å². The van der Waals surface area contributed by atoms with Gasteiger partial charge in [0.15, 0.2) is 0 Å². The molecule has 17 heavy (non-hydrogen) atoms. The number of carbonyl (C=O) groups is 1. The molecule has 0 saturated heterocycles. The minimum atomic E-state index is 0.159. The molecule has 0 aromatic carbocycles. The number of nitrogens with two attached hydrogens (primary N) is 1. The van der Waals surface area contributed by atoms with Crippen molar-refractivity contribution in [3.63, 3.8) is 0 Å². The standard InChI is InChI=1S/C13H26N2O2/c1-4-15(7-8-17-3)13(16)12-6-5-11(14)9-10(12)2/h10-12H,4-9,14H2,1-3H3. The second-order valence-corrected chi connectivity index (χ2v) is 5.07. The molecular weight excluding hydrogens is 216 g/mol. The van der Waals surface area contributed by atoms with Crippen molar-refractivity contribution in [2.45, 2.75) is 39.2 Å². The highest BCUT2D eigenvalue weighted by Crippen LogP contribution is 2.30. The lowest BCUT2D eigenvalue weighted by molar-refractivity contribution is -0.138. The van der Waals surface area contributed by atoms with Crippen LogP contribution in [0.1, 0.15) is 33.1 Å². The molecule has 1 aliphatic rings. The Morgan fingerprint density at radius 2 is 2.18 bits per heavy atom. The van der Waals surface area contributed by atoms with E-state index >= 15 is 0 Å². The molecule has 1 amide bonds. The smallest absolute Gasteiger partial charge is 0.226 e. The maximum Gasteiger partial charge on any atom is 0.226 e. The zero-order valence-corrected chi connectivity index (χ0v) is 11.3. The molecule has 100 valence electrons. The predicted molar refractivity (Wildman–Crippen MR) is 68.6 cm³/mol. The molecule has 0 aromatic rings. The van der Waals surface area contributed by atoms with Gasteiger partial charge in [-0.1, -0.05) is 6.92 Å². The topological polar surface area (TPSA) is 55.6 Å². The van der Waals surface area contributed by atoms with E-state index in [0.29, 0.717) is 19.1 Å². The number of hydrogen-bond acceptors (Lipinski definition) is 3. The van der Waals surface area contributed by atoms with Gasteiger partial charge >= 0.3 is 0 Å². The lowest BCUT2D eigenvalue weighted by Crippen LogP contribution is -2.44. The van der Waals surface area contributed by atoms with Crippen LogP contribution in [0.25, 0.3) is 0 Å². The molecule has 1 saturated carbocycles. The van der Waals surface area contributed by atoms with Crippen molar-refractivity contribution < 1.29 is 9.53 Å². The van der Waals surface area contributed by atoms with Gasteiger partial charge in [-0.3, -0.25) is 4.79 Å². The summed E-state index contributed by atoms with van der Waals surface area (Å²) >= 11 is 0. The highest BCUT2D eigenvalue weighted by atomic mass is 16.5. The number of hydrogen-bond donors (Lipinski definition) is 1. The molecule has 0 radical (unpaired) electrons. The van der Waals surface area contributed by atoms with Crippen LogP contribution in [0.5, 0.6) is 0 Å². The molecule has 0 bridgehead atoms. The monoisotopic (exact) mass is 242 g/mol. The van der Waals surface area contributed by atoms with E-state index in [2.05, 4.69) is 6.92 Å². The van der Waals surface area contributed by atoms with Crippen LogP contribution in [-0.4, -0.2) is 43.7 Å². The van der Waals surface area contributed by atoms with Gasteiger partial charge in [-0.25, -0.2) is 0 Å². The van der Waals surface area contributed by atoms with Crippen molar-refractivity contribution in [1.82, 2.24) is 4.90 Å². The molecule has 0 spiro atoms. The Morgan fingerprint density at radius 3 is 2.71 bits per heavy atom. The Morgan fingerprint density at radius 1 is 1.47 bits per heavy atom.